The fraction of sp³-hybridized carbons (Fsp3) is 0.778. The van der Waals surface area contributed by atoms with E-state index >= 15 is 0 Å². The van der Waals surface area contributed by atoms with Crippen LogP contribution in [0.25, 0.3) is 0 Å². The number of carbonyl (C=O) groups is 1. The molecule has 5 heteroatoms. The highest BCUT2D eigenvalue weighted by Gasteiger charge is 2.09. The smallest absolute Gasteiger partial charge is 0.320 e. The normalized spacial score (nSPS) is 12.4. The molecule has 0 heterocycles. The van der Waals surface area contributed by atoms with Crippen LogP contribution >= 0.6 is 0 Å². The molecule has 0 saturated heterocycles. The molecule has 82 valence electrons. The second-order valence-electron chi connectivity index (χ2n) is 3.42. The minimum atomic E-state index is -0.936. The molecule has 14 heavy (non-hydrogen) atoms. The van der Waals surface area contributed by atoms with Crippen LogP contribution in [0.5, 0.6) is 0 Å². The van der Waals surface area contributed by atoms with Gasteiger partial charge < -0.3 is 16.6 Å². The lowest BCUT2D eigenvalue weighted by Gasteiger charge is -2.05. The Morgan fingerprint density at radius 2 is 1.86 bits per heavy atom. The molecule has 0 saturated carbocycles. The number of carboxylic acids is 1. The summed E-state index contributed by atoms with van der Waals surface area (Å²) in [5.74, 6) is -0.721. The summed E-state index contributed by atoms with van der Waals surface area (Å²) in [5, 5.41) is 15.5. The second-order valence-corrected chi connectivity index (χ2v) is 3.42. The molecule has 0 aromatic rings. The maximum Gasteiger partial charge on any atom is 0.320 e. The number of amidine groups is 1. The summed E-state index contributed by atoms with van der Waals surface area (Å²) in [4.78, 5) is 10.3. The van der Waals surface area contributed by atoms with E-state index in [0.29, 0.717) is 12.8 Å². The third-order valence-electron chi connectivity index (χ3n) is 2.03. The molecule has 0 aromatic carbocycles. The largest absolute Gasteiger partial charge is 0.480 e. The highest BCUT2D eigenvalue weighted by molar-refractivity contribution is 5.76. The van der Waals surface area contributed by atoms with Crippen molar-refractivity contribution in [3.05, 3.63) is 0 Å². The summed E-state index contributed by atoms with van der Waals surface area (Å²) in [6.45, 7) is 0. The van der Waals surface area contributed by atoms with Gasteiger partial charge >= 0.3 is 5.97 Å². The number of rotatable bonds is 8. The molecule has 0 fully saturated rings. The van der Waals surface area contributed by atoms with Gasteiger partial charge in [0.05, 0.1) is 5.84 Å². The minimum absolute atomic E-state index is 0.215. The van der Waals surface area contributed by atoms with Gasteiger partial charge in [0.2, 0.25) is 0 Å². The first-order valence-corrected chi connectivity index (χ1v) is 4.85. The summed E-state index contributed by atoms with van der Waals surface area (Å²) >= 11 is 0. The number of hydrogen-bond acceptors (Lipinski definition) is 3. The molecular formula is C9H19N3O2. The van der Waals surface area contributed by atoms with E-state index in [1.807, 2.05) is 0 Å². The number of nitrogens with one attached hydrogen (secondary N) is 1. The van der Waals surface area contributed by atoms with Crippen LogP contribution in [0.2, 0.25) is 0 Å². The van der Waals surface area contributed by atoms with Crippen LogP contribution in [0.1, 0.15) is 38.5 Å². The molecule has 0 spiro atoms. The van der Waals surface area contributed by atoms with Gasteiger partial charge in [0.15, 0.2) is 0 Å². The van der Waals surface area contributed by atoms with Gasteiger partial charge in [-0.15, -0.1) is 0 Å². The van der Waals surface area contributed by atoms with Crippen molar-refractivity contribution in [2.24, 2.45) is 11.5 Å². The van der Waals surface area contributed by atoms with E-state index in [-0.39, 0.29) is 5.84 Å². The van der Waals surface area contributed by atoms with E-state index in [9.17, 15) is 4.79 Å². The maximum absolute atomic E-state index is 10.3. The van der Waals surface area contributed by atoms with Crippen LogP contribution in [0.3, 0.4) is 0 Å². The van der Waals surface area contributed by atoms with Gasteiger partial charge in [0.25, 0.3) is 0 Å². The fourth-order valence-corrected chi connectivity index (χ4v) is 1.16. The van der Waals surface area contributed by atoms with Gasteiger partial charge in [0, 0.05) is 6.42 Å². The molecule has 0 bridgehead atoms. The Labute approximate surface area is 84.0 Å². The van der Waals surface area contributed by atoms with Crippen molar-refractivity contribution in [2.45, 2.75) is 44.6 Å². The number of nitrogens with two attached hydrogens (primary N) is 2. The van der Waals surface area contributed by atoms with Crippen molar-refractivity contribution in [3.63, 3.8) is 0 Å². The zero-order valence-electron chi connectivity index (χ0n) is 8.33. The number of carboxylic acid groups (broad SMARTS) is 1. The summed E-state index contributed by atoms with van der Waals surface area (Å²) in [7, 11) is 0. The molecule has 0 rings (SSSR count). The van der Waals surface area contributed by atoms with Crippen LogP contribution in [0.4, 0.5) is 0 Å². The number of unbranched alkanes of at least 4 members (excludes halogenated alkanes) is 3. The van der Waals surface area contributed by atoms with Crippen LogP contribution in [0.15, 0.2) is 0 Å². The van der Waals surface area contributed by atoms with E-state index < -0.39 is 12.0 Å². The summed E-state index contributed by atoms with van der Waals surface area (Å²) < 4.78 is 0. The Morgan fingerprint density at radius 1 is 1.29 bits per heavy atom. The molecular weight excluding hydrogens is 182 g/mol. The Balaban J connectivity index is 3.21. The highest BCUT2D eigenvalue weighted by atomic mass is 16.4. The molecule has 1 unspecified atom stereocenters. The average molecular weight is 201 g/mol. The molecule has 6 N–H and O–H groups in total. The predicted molar refractivity (Wildman–Crippen MR) is 55.2 cm³/mol. The van der Waals surface area contributed by atoms with Gasteiger partial charge in [-0.25, -0.2) is 0 Å². The molecule has 0 aliphatic carbocycles. The lowest BCUT2D eigenvalue weighted by molar-refractivity contribution is -0.138. The van der Waals surface area contributed by atoms with Crippen molar-refractivity contribution in [1.82, 2.24) is 0 Å². The maximum atomic E-state index is 10.3. The Kier molecular flexibility index (Phi) is 6.74. The standard InChI is InChI=1S/C9H19N3O2/c10-7(9(13)14)5-3-1-2-4-6-8(11)12/h7H,1-6,10H2,(H3,11,12)(H,13,14). The highest BCUT2D eigenvalue weighted by Crippen LogP contribution is 2.06. The van der Waals surface area contributed by atoms with Crippen LogP contribution in [-0.4, -0.2) is 23.0 Å². The van der Waals surface area contributed by atoms with Crippen molar-refractivity contribution < 1.29 is 9.90 Å². The minimum Gasteiger partial charge on any atom is -0.480 e. The van der Waals surface area contributed by atoms with Crippen LogP contribution in [0, 0.1) is 5.41 Å². The predicted octanol–water partition coefficient (Wildman–Crippen LogP) is 0.675. The third kappa shape index (κ3) is 7.54. The number of hydrogen-bond donors (Lipinski definition) is 4. The SMILES string of the molecule is N=C(N)CCCCCCC(N)C(=O)O. The zero-order chi connectivity index (χ0) is 11.0. The Hall–Kier alpha value is -1.10. The molecule has 0 amide bonds. The first kappa shape index (κ1) is 12.9. The lowest BCUT2D eigenvalue weighted by atomic mass is 10.1. The molecule has 1 atom stereocenters. The monoisotopic (exact) mass is 201 g/mol. The fourth-order valence-electron chi connectivity index (χ4n) is 1.16. The van der Waals surface area contributed by atoms with Gasteiger partial charge in [-0.2, -0.15) is 0 Å². The second kappa shape index (κ2) is 7.32. The van der Waals surface area contributed by atoms with Crippen LogP contribution < -0.4 is 11.5 Å². The average Bonchev–Trinajstić information content (AvgIpc) is 2.09. The first-order valence-electron chi connectivity index (χ1n) is 4.85. The molecule has 5 nitrogen and oxygen atoms in total. The van der Waals surface area contributed by atoms with E-state index in [4.69, 9.17) is 22.0 Å². The summed E-state index contributed by atoms with van der Waals surface area (Å²) in [5.41, 5.74) is 10.5. The van der Waals surface area contributed by atoms with Crippen molar-refractivity contribution in [1.29, 1.82) is 5.41 Å². The molecule has 0 aromatic heterocycles. The summed E-state index contributed by atoms with van der Waals surface area (Å²) in [6, 6.07) is -0.734. The molecule has 0 aliphatic heterocycles. The van der Waals surface area contributed by atoms with E-state index in [2.05, 4.69) is 0 Å². The van der Waals surface area contributed by atoms with Gasteiger partial charge in [0.1, 0.15) is 6.04 Å². The van der Waals surface area contributed by atoms with E-state index in [0.717, 1.165) is 25.7 Å². The van der Waals surface area contributed by atoms with Gasteiger partial charge in [-0.1, -0.05) is 19.3 Å². The first-order chi connectivity index (χ1) is 6.54. The third-order valence-corrected chi connectivity index (χ3v) is 2.03. The van der Waals surface area contributed by atoms with Crippen molar-refractivity contribution >= 4 is 11.8 Å². The quantitative estimate of drug-likeness (QED) is 0.262. The van der Waals surface area contributed by atoms with Crippen molar-refractivity contribution in [3.8, 4) is 0 Å². The zero-order valence-corrected chi connectivity index (χ0v) is 8.33. The number of aliphatic carboxylic acids is 1. The van der Waals surface area contributed by atoms with Crippen molar-refractivity contribution in [2.75, 3.05) is 0 Å². The Morgan fingerprint density at radius 3 is 2.36 bits per heavy atom. The molecule has 0 aliphatic rings. The van der Waals surface area contributed by atoms with Crippen LogP contribution in [-0.2, 0) is 4.79 Å². The summed E-state index contributed by atoms with van der Waals surface area (Å²) in [6.07, 6.45) is 4.81. The topological polar surface area (TPSA) is 113 Å². The van der Waals surface area contributed by atoms with E-state index in [1.165, 1.54) is 0 Å². The van der Waals surface area contributed by atoms with Gasteiger partial charge in [-0.05, 0) is 12.8 Å². The Bertz CT molecular complexity index is 194. The van der Waals surface area contributed by atoms with Gasteiger partial charge in [-0.3, -0.25) is 10.2 Å². The van der Waals surface area contributed by atoms with E-state index in [1.54, 1.807) is 0 Å². The lowest BCUT2D eigenvalue weighted by Crippen LogP contribution is -2.29. The molecule has 0 radical (unpaired) electrons.